The summed E-state index contributed by atoms with van der Waals surface area (Å²) >= 11 is 0. The first-order chi connectivity index (χ1) is 10.7. The van der Waals surface area contributed by atoms with Gasteiger partial charge in [0.25, 0.3) is 0 Å². The molecule has 1 aliphatic rings. The number of ether oxygens (including phenoxy) is 1. The van der Waals surface area contributed by atoms with Crippen LogP contribution in [0.15, 0.2) is 24.3 Å². The Labute approximate surface area is 130 Å². The van der Waals surface area contributed by atoms with Gasteiger partial charge in [-0.25, -0.2) is 0 Å². The highest BCUT2D eigenvalue weighted by molar-refractivity contribution is 5.37. The van der Waals surface area contributed by atoms with E-state index in [1.54, 1.807) is 0 Å². The monoisotopic (exact) mass is 301 g/mol. The standard InChI is InChI=1S/C17H23N3O2/c1-12-16(13(2)20(19-12)7-8-21)11-18-10-15-9-14-5-3-4-6-17(14)22-15/h3-6,15,18,21H,7-11H2,1-2H3/t15-/m0/s1. The molecule has 5 nitrogen and oxygen atoms in total. The first-order valence-corrected chi connectivity index (χ1v) is 7.78. The Hall–Kier alpha value is -1.85. The number of fused-ring (bicyclic) bond motifs is 1. The molecule has 3 rings (SSSR count). The lowest BCUT2D eigenvalue weighted by Crippen LogP contribution is -2.30. The van der Waals surface area contributed by atoms with Gasteiger partial charge in [-0.15, -0.1) is 0 Å². The van der Waals surface area contributed by atoms with Crippen molar-refractivity contribution in [2.24, 2.45) is 0 Å². The quantitative estimate of drug-likeness (QED) is 0.850. The van der Waals surface area contributed by atoms with Crippen LogP contribution in [0.3, 0.4) is 0 Å². The summed E-state index contributed by atoms with van der Waals surface area (Å²) < 4.78 is 7.80. The molecule has 22 heavy (non-hydrogen) atoms. The van der Waals surface area contributed by atoms with Crippen LogP contribution in [-0.2, 0) is 19.5 Å². The highest BCUT2D eigenvalue weighted by Gasteiger charge is 2.22. The minimum absolute atomic E-state index is 0.114. The third-order valence-electron chi connectivity index (χ3n) is 4.23. The van der Waals surface area contributed by atoms with Crippen molar-refractivity contribution in [1.82, 2.24) is 15.1 Å². The summed E-state index contributed by atoms with van der Waals surface area (Å²) in [5.41, 5.74) is 4.64. The molecule has 0 unspecified atom stereocenters. The Morgan fingerprint density at radius 2 is 2.18 bits per heavy atom. The molecule has 2 aromatic rings. The van der Waals surface area contributed by atoms with Gasteiger partial charge < -0.3 is 15.2 Å². The number of aromatic nitrogens is 2. The fourth-order valence-corrected chi connectivity index (χ4v) is 3.03. The number of hydrogen-bond donors (Lipinski definition) is 2. The first kappa shape index (κ1) is 15.1. The van der Waals surface area contributed by atoms with Crippen LogP contribution < -0.4 is 10.1 Å². The van der Waals surface area contributed by atoms with Crippen LogP contribution in [0.4, 0.5) is 0 Å². The molecule has 0 spiro atoms. The van der Waals surface area contributed by atoms with Gasteiger partial charge in [0.15, 0.2) is 0 Å². The molecule has 0 saturated heterocycles. The Balaban J connectivity index is 1.54. The van der Waals surface area contributed by atoms with Crippen molar-refractivity contribution in [2.75, 3.05) is 13.2 Å². The highest BCUT2D eigenvalue weighted by Crippen LogP contribution is 2.27. The van der Waals surface area contributed by atoms with Crippen LogP contribution in [0.25, 0.3) is 0 Å². The van der Waals surface area contributed by atoms with E-state index in [1.165, 1.54) is 11.1 Å². The number of rotatable bonds is 6. The van der Waals surface area contributed by atoms with E-state index in [9.17, 15) is 0 Å². The van der Waals surface area contributed by atoms with E-state index in [1.807, 2.05) is 23.7 Å². The fraction of sp³-hybridized carbons (Fsp3) is 0.471. The van der Waals surface area contributed by atoms with E-state index in [0.717, 1.165) is 36.6 Å². The largest absolute Gasteiger partial charge is 0.488 e. The minimum atomic E-state index is 0.114. The summed E-state index contributed by atoms with van der Waals surface area (Å²) in [6.07, 6.45) is 1.16. The zero-order chi connectivity index (χ0) is 15.5. The molecule has 0 fully saturated rings. The molecule has 2 heterocycles. The average molecular weight is 301 g/mol. The Kier molecular flexibility index (Phi) is 4.45. The molecular formula is C17H23N3O2. The van der Waals surface area contributed by atoms with Gasteiger partial charge in [-0.3, -0.25) is 4.68 Å². The number of aryl methyl sites for hydroxylation is 1. The zero-order valence-corrected chi connectivity index (χ0v) is 13.2. The SMILES string of the molecule is Cc1nn(CCO)c(C)c1CNC[C@@H]1Cc2ccccc2O1. The second-order valence-electron chi connectivity index (χ2n) is 5.78. The maximum absolute atomic E-state index is 9.06. The third-order valence-corrected chi connectivity index (χ3v) is 4.23. The van der Waals surface area contributed by atoms with Gasteiger partial charge in [0.1, 0.15) is 11.9 Å². The zero-order valence-electron chi connectivity index (χ0n) is 13.2. The lowest BCUT2D eigenvalue weighted by atomic mass is 10.1. The molecule has 0 amide bonds. The van der Waals surface area contributed by atoms with E-state index in [4.69, 9.17) is 9.84 Å². The molecule has 1 aromatic heterocycles. The second-order valence-corrected chi connectivity index (χ2v) is 5.78. The second kappa shape index (κ2) is 6.50. The first-order valence-electron chi connectivity index (χ1n) is 7.78. The van der Waals surface area contributed by atoms with Crippen LogP contribution in [0.2, 0.25) is 0 Å². The fourth-order valence-electron chi connectivity index (χ4n) is 3.03. The molecule has 0 radical (unpaired) electrons. The van der Waals surface area contributed by atoms with Crippen LogP contribution in [0.5, 0.6) is 5.75 Å². The predicted octanol–water partition coefficient (Wildman–Crippen LogP) is 1.59. The van der Waals surface area contributed by atoms with E-state index < -0.39 is 0 Å². The Bertz CT molecular complexity index is 626. The molecule has 2 N–H and O–H groups in total. The van der Waals surface area contributed by atoms with Crippen molar-refractivity contribution in [3.63, 3.8) is 0 Å². The summed E-state index contributed by atoms with van der Waals surface area (Å²) in [6.45, 7) is 6.32. The molecule has 1 atom stereocenters. The van der Waals surface area contributed by atoms with Crippen molar-refractivity contribution in [3.8, 4) is 5.75 Å². The Morgan fingerprint density at radius 3 is 2.95 bits per heavy atom. The lowest BCUT2D eigenvalue weighted by molar-refractivity contribution is 0.227. The van der Waals surface area contributed by atoms with Crippen LogP contribution in [0, 0.1) is 13.8 Å². The van der Waals surface area contributed by atoms with Gasteiger partial charge in [-0.2, -0.15) is 5.10 Å². The molecule has 1 aromatic carbocycles. The summed E-state index contributed by atoms with van der Waals surface area (Å²) in [7, 11) is 0. The molecule has 1 aliphatic heterocycles. The maximum Gasteiger partial charge on any atom is 0.123 e. The number of hydrogen-bond acceptors (Lipinski definition) is 4. The molecule has 5 heteroatoms. The van der Waals surface area contributed by atoms with Gasteiger partial charge in [-0.05, 0) is 25.5 Å². The number of nitrogens with zero attached hydrogens (tertiary/aromatic N) is 2. The Morgan fingerprint density at radius 1 is 1.36 bits per heavy atom. The lowest BCUT2D eigenvalue weighted by Gasteiger charge is -2.12. The van der Waals surface area contributed by atoms with Gasteiger partial charge in [0.2, 0.25) is 0 Å². The van der Waals surface area contributed by atoms with Gasteiger partial charge in [0, 0.05) is 30.8 Å². The number of benzene rings is 1. The topological polar surface area (TPSA) is 59.3 Å². The maximum atomic E-state index is 9.06. The van der Waals surface area contributed by atoms with Crippen molar-refractivity contribution < 1.29 is 9.84 Å². The summed E-state index contributed by atoms with van der Waals surface area (Å²) in [4.78, 5) is 0. The molecule has 118 valence electrons. The van der Waals surface area contributed by atoms with Gasteiger partial charge in [-0.1, -0.05) is 18.2 Å². The van der Waals surface area contributed by atoms with Crippen LogP contribution in [0.1, 0.15) is 22.5 Å². The number of para-hydroxylation sites is 1. The molecule has 0 aliphatic carbocycles. The minimum Gasteiger partial charge on any atom is -0.488 e. The van der Waals surface area contributed by atoms with E-state index in [0.29, 0.717) is 6.54 Å². The smallest absolute Gasteiger partial charge is 0.123 e. The average Bonchev–Trinajstić information content (AvgIpc) is 3.03. The van der Waals surface area contributed by atoms with Crippen molar-refractivity contribution in [1.29, 1.82) is 0 Å². The summed E-state index contributed by atoms with van der Waals surface area (Å²) in [5, 5.41) is 17.0. The molecule has 0 saturated carbocycles. The summed E-state index contributed by atoms with van der Waals surface area (Å²) in [6, 6.07) is 8.22. The molecule has 0 bridgehead atoms. The predicted molar refractivity (Wildman–Crippen MR) is 85.1 cm³/mol. The number of nitrogens with one attached hydrogen (secondary N) is 1. The van der Waals surface area contributed by atoms with Crippen LogP contribution in [-0.4, -0.2) is 34.1 Å². The van der Waals surface area contributed by atoms with Crippen LogP contribution >= 0.6 is 0 Å². The normalized spacial score (nSPS) is 16.6. The number of aliphatic hydroxyl groups is 1. The third kappa shape index (κ3) is 3.00. The van der Waals surface area contributed by atoms with Gasteiger partial charge >= 0.3 is 0 Å². The van der Waals surface area contributed by atoms with E-state index >= 15 is 0 Å². The van der Waals surface area contributed by atoms with Gasteiger partial charge in [0.05, 0.1) is 18.8 Å². The van der Waals surface area contributed by atoms with Crippen molar-refractivity contribution >= 4 is 0 Å². The van der Waals surface area contributed by atoms with E-state index in [2.05, 4.69) is 29.5 Å². The number of aliphatic hydroxyl groups excluding tert-OH is 1. The van der Waals surface area contributed by atoms with E-state index in [-0.39, 0.29) is 12.7 Å². The van der Waals surface area contributed by atoms with Crippen molar-refractivity contribution in [2.45, 2.75) is 39.5 Å². The highest BCUT2D eigenvalue weighted by atomic mass is 16.5. The molecular weight excluding hydrogens is 278 g/mol. The summed E-state index contributed by atoms with van der Waals surface area (Å²) in [5.74, 6) is 1.01. The van der Waals surface area contributed by atoms with Crippen molar-refractivity contribution in [3.05, 3.63) is 46.8 Å².